The molecule has 17 heavy (non-hydrogen) atoms. The van der Waals surface area contributed by atoms with Gasteiger partial charge in [-0.25, -0.2) is 0 Å². The minimum atomic E-state index is 0.181. The van der Waals surface area contributed by atoms with Crippen LogP contribution >= 0.6 is 15.9 Å². The van der Waals surface area contributed by atoms with Gasteiger partial charge in [-0.2, -0.15) is 0 Å². The summed E-state index contributed by atoms with van der Waals surface area (Å²) < 4.78 is 1.15. The number of benzene rings is 1. The third-order valence-corrected chi connectivity index (χ3v) is 4.31. The van der Waals surface area contributed by atoms with Crippen LogP contribution in [0.25, 0.3) is 0 Å². The van der Waals surface area contributed by atoms with Gasteiger partial charge in [0, 0.05) is 11.1 Å². The molecule has 3 heteroatoms. The largest absolute Gasteiger partial charge is 0.396 e. The van der Waals surface area contributed by atoms with E-state index in [4.69, 9.17) is 5.73 Å². The molecule has 0 amide bonds. The minimum absolute atomic E-state index is 0.181. The quantitative estimate of drug-likeness (QED) is 0.847. The lowest BCUT2D eigenvalue weighted by Gasteiger charge is -2.22. The van der Waals surface area contributed by atoms with E-state index < -0.39 is 0 Å². The number of hydrogen-bond donors (Lipinski definition) is 2. The lowest BCUT2D eigenvalue weighted by atomic mass is 9.85. The molecule has 0 aliphatic carbocycles. The molecular formula is C14H22BrNO. The van der Waals surface area contributed by atoms with E-state index >= 15 is 0 Å². The Morgan fingerprint density at radius 2 is 2.12 bits per heavy atom. The minimum Gasteiger partial charge on any atom is -0.396 e. The van der Waals surface area contributed by atoms with Crippen LogP contribution < -0.4 is 5.73 Å². The Bertz CT molecular complexity index is 350. The number of nitrogens with two attached hydrogens (primary N) is 1. The first-order chi connectivity index (χ1) is 8.13. The summed E-state index contributed by atoms with van der Waals surface area (Å²) in [5.74, 6) is 0.687. The Labute approximate surface area is 112 Å². The highest BCUT2D eigenvalue weighted by atomic mass is 79.9. The van der Waals surface area contributed by atoms with Gasteiger partial charge in [0.05, 0.1) is 0 Å². The SMILES string of the molecule is CCC(CC(CN)CO)c1cccc(Br)c1C. The van der Waals surface area contributed by atoms with Crippen molar-refractivity contribution in [2.45, 2.75) is 32.6 Å². The van der Waals surface area contributed by atoms with Gasteiger partial charge in [0.1, 0.15) is 0 Å². The second-order valence-electron chi connectivity index (χ2n) is 4.58. The summed E-state index contributed by atoms with van der Waals surface area (Å²) in [6, 6.07) is 6.32. The second kappa shape index (κ2) is 7.14. The third-order valence-electron chi connectivity index (χ3n) is 3.45. The van der Waals surface area contributed by atoms with Gasteiger partial charge in [-0.15, -0.1) is 0 Å². The molecule has 2 atom stereocenters. The number of aliphatic hydroxyl groups excluding tert-OH is 1. The summed E-state index contributed by atoms with van der Waals surface area (Å²) in [6.07, 6.45) is 2.04. The fourth-order valence-electron chi connectivity index (χ4n) is 2.23. The molecule has 1 aromatic rings. The number of hydrogen-bond acceptors (Lipinski definition) is 2. The molecule has 0 saturated carbocycles. The first-order valence-corrected chi connectivity index (χ1v) is 6.99. The van der Waals surface area contributed by atoms with Crippen molar-refractivity contribution in [1.29, 1.82) is 0 Å². The van der Waals surface area contributed by atoms with E-state index in [1.165, 1.54) is 11.1 Å². The molecule has 3 N–H and O–H groups in total. The lowest BCUT2D eigenvalue weighted by Crippen LogP contribution is -2.21. The molecule has 0 aliphatic heterocycles. The van der Waals surface area contributed by atoms with E-state index in [1.807, 2.05) is 0 Å². The predicted octanol–water partition coefficient (Wildman–Crippen LogP) is 3.21. The summed E-state index contributed by atoms with van der Waals surface area (Å²) in [5.41, 5.74) is 8.33. The summed E-state index contributed by atoms with van der Waals surface area (Å²) in [6.45, 7) is 5.06. The fraction of sp³-hybridized carbons (Fsp3) is 0.571. The van der Waals surface area contributed by atoms with Crippen molar-refractivity contribution in [3.8, 4) is 0 Å². The Morgan fingerprint density at radius 3 is 2.65 bits per heavy atom. The normalized spacial score (nSPS) is 14.6. The van der Waals surface area contributed by atoms with E-state index in [1.54, 1.807) is 0 Å². The molecule has 0 heterocycles. The van der Waals surface area contributed by atoms with Crippen molar-refractivity contribution in [3.05, 3.63) is 33.8 Å². The summed E-state index contributed by atoms with van der Waals surface area (Å²) in [7, 11) is 0. The van der Waals surface area contributed by atoms with Gasteiger partial charge in [0.15, 0.2) is 0 Å². The highest BCUT2D eigenvalue weighted by Crippen LogP contribution is 2.32. The van der Waals surface area contributed by atoms with Gasteiger partial charge in [0.25, 0.3) is 0 Å². The summed E-state index contributed by atoms with van der Waals surface area (Å²) >= 11 is 3.57. The molecule has 96 valence electrons. The second-order valence-corrected chi connectivity index (χ2v) is 5.43. The van der Waals surface area contributed by atoms with E-state index in [0.29, 0.717) is 12.5 Å². The summed E-state index contributed by atoms with van der Waals surface area (Å²) in [4.78, 5) is 0. The monoisotopic (exact) mass is 299 g/mol. The molecule has 0 fully saturated rings. The maximum Gasteiger partial charge on any atom is 0.0471 e. The van der Waals surface area contributed by atoms with Crippen molar-refractivity contribution in [3.63, 3.8) is 0 Å². The predicted molar refractivity (Wildman–Crippen MR) is 76.2 cm³/mol. The lowest BCUT2D eigenvalue weighted by molar-refractivity contribution is 0.214. The third kappa shape index (κ3) is 3.80. The van der Waals surface area contributed by atoms with Crippen molar-refractivity contribution < 1.29 is 5.11 Å². The molecule has 2 nitrogen and oxygen atoms in total. The number of rotatable bonds is 6. The van der Waals surface area contributed by atoms with E-state index in [0.717, 1.165) is 17.3 Å². The molecule has 0 aliphatic rings. The van der Waals surface area contributed by atoms with Crippen molar-refractivity contribution >= 4 is 15.9 Å². The van der Waals surface area contributed by atoms with Crippen molar-refractivity contribution in [2.75, 3.05) is 13.2 Å². The zero-order valence-corrected chi connectivity index (χ0v) is 12.2. The maximum atomic E-state index is 9.25. The van der Waals surface area contributed by atoms with Gasteiger partial charge in [0.2, 0.25) is 0 Å². The smallest absolute Gasteiger partial charge is 0.0471 e. The van der Waals surface area contributed by atoms with Gasteiger partial charge in [-0.3, -0.25) is 0 Å². The number of halogens is 1. The van der Waals surface area contributed by atoms with Crippen molar-refractivity contribution in [2.24, 2.45) is 11.7 Å². The first-order valence-electron chi connectivity index (χ1n) is 6.19. The topological polar surface area (TPSA) is 46.2 Å². The van der Waals surface area contributed by atoms with Gasteiger partial charge < -0.3 is 10.8 Å². The first kappa shape index (κ1) is 14.7. The Hall–Kier alpha value is -0.380. The van der Waals surface area contributed by atoms with Crippen LogP contribution in [0, 0.1) is 12.8 Å². The fourth-order valence-corrected chi connectivity index (χ4v) is 2.61. The zero-order valence-electron chi connectivity index (χ0n) is 10.6. The van der Waals surface area contributed by atoms with Crippen molar-refractivity contribution in [1.82, 2.24) is 0 Å². The van der Waals surface area contributed by atoms with Crippen LogP contribution in [-0.2, 0) is 0 Å². The van der Waals surface area contributed by atoms with Crippen LogP contribution in [0.2, 0.25) is 0 Å². The van der Waals surface area contributed by atoms with Crippen LogP contribution in [0.4, 0.5) is 0 Å². The van der Waals surface area contributed by atoms with Crippen LogP contribution in [0.5, 0.6) is 0 Å². The highest BCUT2D eigenvalue weighted by molar-refractivity contribution is 9.10. The van der Waals surface area contributed by atoms with E-state index in [-0.39, 0.29) is 12.5 Å². The molecular weight excluding hydrogens is 278 g/mol. The van der Waals surface area contributed by atoms with Crippen LogP contribution in [0.15, 0.2) is 22.7 Å². The Morgan fingerprint density at radius 1 is 1.41 bits per heavy atom. The van der Waals surface area contributed by atoms with Gasteiger partial charge >= 0.3 is 0 Å². The average Bonchev–Trinajstić information content (AvgIpc) is 2.35. The molecule has 0 saturated heterocycles. The Kier molecular flexibility index (Phi) is 6.17. The number of aliphatic hydroxyl groups is 1. The molecule has 1 rings (SSSR count). The highest BCUT2D eigenvalue weighted by Gasteiger charge is 2.17. The maximum absolute atomic E-state index is 9.25. The summed E-state index contributed by atoms with van der Waals surface area (Å²) in [5, 5.41) is 9.25. The molecule has 0 radical (unpaired) electrons. The van der Waals surface area contributed by atoms with E-state index in [2.05, 4.69) is 48.0 Å². The molecule has 0 spiro atoms. The van der Waals surface area contributed by atoms with E-state index in [9.17, 15) is 5.11 Å². The molecule has 2 unspecified atom stereocenters. The molecule has 0 bridgehead atoms. The molecule has 0 aromatic heterocycles. The standard InChI is InChI=1S/C14H22BrNO/c1-3-12(7-11(8-16)9-17)13-5-4-6-14(15)10(13)2/h4-6,11-12,17H,3,7-9,16H2,1-2H3. The van der Waals surface area contributed by atoms with Crippen LogP contribution in [-0.4, -0.2) is 18.3 Å². The van der Waals surface area contributed by atoms with Gasteiger partial charge in [-0.05, 0) is 55.3 Å². The average molecular weight is 300 g/mol. The van der Waals surface area contributed by atoms with Crippen LogP contribution in [0.1, 0.15) is 36.8 Å². The van der Waals surface area contributed by atoms with Gasteiger partial charge in [-0.1, -0.05) is 35.0 Å². The Balaban J connectivity index is 2.89. The zero-order chi connectivity index (χ0) is 12.8. The molecule has 1 aromatic carbocycles. The van der Waals surface area contributed by atoms with Crippen LogP contribution in [0.3, 0.4) is 0 Å².